The molecule has 0 unspecified atom stereocenters. The number of halogens is 1. The van der Waals surface area contributed by atoms with Crippen molar-refractivity contribution in [3.05, 3.63) is 94.5 Å². The van der Waals surface area contributed by atoms with Crippen LogP contribution < -0.4 is 10.2 Å². The molecule has 1 aliphatic rings. The third kappa shape index (κ3) is 5.84. The summed E-state index contributed by atoms with van der Waals surface area (Å²) in [6.45, 7) is 5.75. The fraction of sp³-hybridized carbons (Fsp3) is 0.231. The number of piperazine rings is 1. The largest absolute Gasteiger partial charge is 0.478 e. The minimum atomic E-state index is -0.954. The summed E-state index contributed by atoms with van der Waals surface area (Å²) in [6.07, 6.45) is 0. The molecule has 6 nitrogen and oxygen atoms in total. The number of para-hydroxylation sites is 1. The zero-order valence-electron chi connectivity index (χ0n) is 18.5. The first kappa shape index (κ1) is 22.7. The number of nitrogens with zero attached hydrogens (tertiary/aromatic N) is 3. The van der Waals surface area contributed by atoms with Crippen molar-refractivity contribution in [2.24, 2.45) is 4.99 Å². The lowest BCUT2D eigenvalue weighted by atomic mass is 10.1. The summed E-state index contributed by atoms with van der Waals surface area (Å²) >= 11 is 6.39. The minimum Gasteiger partial charge on any atom is -0.478 e. The van der Waals surface area contributed by atoms with Crippen LogP contribution in [0.3, 0.4) is 0 Å². The van der Waals surface area contributed by atoms with E-state index < -0.39 is 5.97 Å². The maximum atomic E-state index is 11.4. The first-order valence-electron chi connectivity index (χ1n) is 10.9. The fourth-order valence-electron chi connectivity index (χ4n) is 3.80. The van der Waals surface area contributed by atoms with Crippen molar-refractivity contribution in [1.82, 2.24) is 4.90 Å². The smallest absolute Gasteiger partial charge is 0.335 e. The van der Waals surface area contributed by atoms with E-state index in [-0.39, 0.29) is 5.56 Å². The summed E-state index contributed by atoms with van der Waals surface area (Å²) < 4.78 is 0. The van der Waals surface area contributed by atoms with Gasteiger partial charge in [-0.15, -0.1) is 0 Å². The van der Waals surface area contributed by atoms with Crippen LogP contribution in [0.4, 0.5) is 11.4 Å². The third-order valence-corrected chi connectivity index (χ3v) is 5.99. The van der Waals surface area contributed by atoms with Gasteiger partial charge in [0, 0.05) is 31.9 Å². The zero-order valence-corrected chi connectivity index (χ0v) is 19.3. The number of anilines is 2. The summed E-state index contributed by atoms with van der Waals surface area (Å²) in [5.41, 5.74) is 4.31. The van der Waals surface area contributed by atoms with Gasteiger partial charge in [-0.1, -0.05) is 59.6 Å². The molecule has 0 aliphatic carbocycles. The molecule has 0 spiro atoms. The van der Waals surface area contributed by atoms with Crippen LogP contribution in [0.1, 0.15) is 21.5 Å². The maximum absolute atomic E-state index is 11.4. The van der Waals surface area contributed by atoms with E-state index in [9.17, 15) is 9.90 Å². The van der Waals surface area contributed by atoms with Gasteiger partial charge in [-0.25, -0.2) is 9.79 Å². The summed E-state index contributed by atoms with van der Waals surface area (Å²) in [7, 11) is 0. The molecule has 0 amide bonds. The maximum Gasteiger partial charge on any atom is 0.335 e. The lowest BCUT2D eigenvalue weighted by molar-refractivity contribution is 0.0697. The first-order chi connectivity index (χ1) is 16.0. The number of nitrogens with one attached hydrogen (secondary N) is 1. The van der Waals surface area contributed by atoms with Crippen LogP contribution in [-0.4, -0.2) is 48.1 Å². The molecule has 7 heteroatoms. The van der Waals surface area contributed by atoms with E-state index in [0.29, 0.717) is 12.2 Å². The fourth-order valence-corrected chi connectivity index (χ4v) is 4.06. The predicted molar refractivity (Wildman–Crippen MR) is 135 cm³/mol. The van der Waals surface area contributed by atoms with Gasteiger partial charge in [-0.3, -0.25) is 0 Å². The van der Waals surface area contributed by atoms with Crippen LogP contribution >= 0.6 is 11.6 Å². The van der Waals surface area contributed by atoms with Crippen LogP contribution in [0.5, 0.6) is 0 Å². The van der Waals surface area contributed by atoms with E-state index in [0.717, 1.165) is 48.4 Å². The van der Waals surface area contributed by atoms with Crippen molar-refractivity contribution in [2.75, 3.05) is 36.4 Å². The van der Waals surface area contributed by atoms with Gasteiger partial charge in [-0.05, 0) is 42.8 Å². The lowest BCUT2D eigenvalue weighted by Crippen LogP contribution is -2.50. The van der Waals surface area contributed by atoms with Gasteiger partial charge < -0.3 is 20.2 Å². The number of aromatic carboxylic acids is 1. The van der Waals surface area contributed by atoms with Crippen LogP contribution in [0.2, 0.25) is 5.02 Å². The number of aliphatic imine (C=N–C) groups is 1. The molecule has 0 atom stereocenters. The molecule has 3 aromatic rings. The SMILES string of the molecule is Cc1ccc(CN=C(Nc2cccc(C(=O)O)c2)N2CCN(c3ccccc3Cl)CC2)cc1. The Morgan fingerprint density at radius 2 is 1.73 bits per heavy atom. The monoisotopic (exact) mass is 462 g/mol. The standard InChI is InChI=1S/C26H27ClN4O2/c1-19-9-11-20(12-10-19)18-28-26(29-22-6-4-5-21(17-22)25(32)33)31-15-13-30(14-16-31)24-8-3-2-7-23(24)27/h2-12,17H,13-16,18H2,1H3,(H,28,29)(H,32,33). The molecule has 0 saturated carbocycles. The molecule has 1 aliphatic heterocycles. The normalized spacial score (nSPS) is 14.3. The number of hydrogen-bond acceptors (Lipinski definition) is 3. The predicted octanol–water partition coefficient (Wildman–Crippen LogP) is 5.14. The van der Waals surface area contributed by atoms with Crippen molar-refractivity contribution in [2.45, 2.75) is 13.5 Å². The average molecular weight is 463 g/mol. The molecule has 3 aromatic carbocycles. The second-order valence-corrected chi connectivity index (χ2v) is 8.47. The average Bonchev–Trinajstić information content (AvgIpc) is 2.83. The van der Waals surface area contributed by atoms with Crippen molar-refractivity contribution < 1.29 is 9.90 Å². The highest BCUT2D eigenvalue weighted by Crippen LogP contribution is 2.26. The van der Waals surface area contributed by atoms with Crippen LogP contribution in [0.25, 0.3) is 0 Å². The highest BCUT2D eigenvalue weighted by atomic mass is 35.5. The third-order valence-electron chi connectivity index (χ3n) is 5.67. The minimum absolute atomic E-state index is 0.237. The molecule has 0 aromatic heterocycles. The van der Waals surface area contributed by atoms with Gasteiger partial charge in [0.25, 0.3) is 0 Å². The van der Waals surface area contributed by atoms with E-state index in [4.69, 9.17) is 16.6 Å². The Morgan fingerprint density at radius 1 is 1.00 bits per heavy atom. The van der Waals surface area contributed by atoms with E-state index in [1.165, 1.54) is 5.56 Å². The zero-order chi connectivity index (χ0) is 23.2. The Balaban J connectivity index is 1.53. The van der Waals surface area contributed by atoms with Crippen molar-refractivity contribution in [3.63, 3.8) is 0 Å². The van der Waals surface area contributed by atoms with Gasteiger partial charge in [0.2, 0.25) is 0 Å². The molecule has 4 rings (SSSR count). The molecule has 2 N–H and O–H groups in total. The van der Waals surface area contributed by atoms with E-state index in [1.807, 2.05) is 30.3 Å². The highest BCUT2D eigenvalue weighted by Gasteiger charge is 2.21. The number of carbonyl (C=O) groups is 1. The molecule has 0 bridgehead atoms. The van der Waals surface area contributed by atoms with Crippen molar-refractivity contribution >= 4 is 34.9 Å². The molecule has 33 heavy (non-hydrogen) atoms. The molecule has 1 heterocycles. The van der Waals surface area contributed by atoms with Crippen molar-refractivity contribution in [1.29, 1.82) is 0 Å². The van der Waals surface area contributed by atoms with Crippen LogP contribution in [0, 0.1) is 6.92 Å². The van der Waals surface area contributed by atoms with Gasteiger partial charge >= 0.3 is 5.97 Å². The number of aryl methyl sites for hydroxylation is 1. The number of carboxylic acid groups (broad SMARTS) is 1. The second kappa shape index (κ2) is 10.4. The molecule has 1 saturated heterocycles. The molecule has 0 radical (unpaired) electrons. The number of benzene rings is 3. The van der Waals surface area contributed by atoms with E-state index in [1.54, 1.807) is 18.2 Å². The number of rotatable bonds is 5. The molecule has 170 valence electrons. The second-order valence-electron chi connectivity index (χ2n) is 8.06. The van der Waals surface area contributed by atoms with Gasteiger partial charge in [0.1, 0.15) is 0 Å². The van der Waals surface area contributed by atoms with Crippen LogP contribution in [0.15, 0.2) is 77.8 Å². The lowest BCUT2D eigenvalue weighted by Gasteiger charge is -2.38. The Morgan fingerprint density at radius 3 is 2.42 bits per heavy atom. The van der Waals surface area contributed by atoms with E-state index in [2.05, 4.69) is 46.3 Å². The summed E-state index contributed by atoms with van der Waals surface area (Å²) in [6, 6.07) is 23.0. The molecule has 1 fully saturated rings. The van der Waals surface area contributed by atoms with Crippen molar-refractivity contribution in [3.8, 4) is 0 Å². The van der Waals surface area contributed by atoms with Crippen LogP contribution in [-0.2, 0) is 6.54 Å². The number of carboxylic acids is 1. The summed E-state index contributed by atoms with van der Waals surface area (Å²) in [5.74, 6) is -0.220. The molecular weight excluding hydrogens is 436 g/mol. The van der Waals surface area contributed by atoms with E-state index >= 15 is 0 Å². The number of guanidine groups is 1. The quantitative estimate of drug-likeness (QED) is 0.406. The Bertz CT molecular complexity index is 1140. The Kier molecular flexibility index (Phi) is 7.15. The van der Waals surface area contributed by atoms with Gasteiger partial charge in [0.05, 0.1) is 22.8 Å². The topological polar surface area (TPSA) is 68.2 Å². The summed E-state index contributed by atoms with van der Waals surface area (Å²) in [4.78, 5) is 20.7. The number of hydrogen-bond donors (Lipinski definition) is 2. The molecular formula is C26H27ClN4O2. The summed E-state index contributed by atoms with van der Waals surface area (Å²) in [5, 5.41) is 13.5. The highest BCUT2D eigenvalue weighted by molar-refractivity contribution is 6.33. The Labute approximate surface area is 199 Å². The van der Waals surface area contributed by atoms with Gasteiger partial charge in [-0.2, -0.15) is 0 Å². The first-order valence-corrected chi connectivity index (χ1v) is 11.3. The van der Waals surface area contributed by atoms with Gasteiger partial charge in [0.15, 0.2) is 5.96 Å². The Hall–Kier alpha value is -3.51.